The summed E-state index contributed by atoms with van der Waals surface area (Å²) in [7, 11) is 0. The average Bonchev–Trinajstić information content (AvgIpc) is 2.92. The Kier molecular flexibility index (Phi) is 1.98. The molecule has 0 aliphatic rings. The zero-order valence-corrected chi connectivity index (χ0v) is 11.3. The Morgan fingerprint density at radius 1 is 0.714 bits per heavy atom. The summed E-state index contributed by atoms with van der Waals surface area (Å²) in [5.74, 6) is 0. The van der Waals surface area contributed by atoms with Crippen LogP contribution >= 0.6 is 0 Å². The molecule has 5 aromatic rings. The quantitative estimate of drug-likeness (QED) is 0.369. The van der Waals surface area contributed by atoms with Crippen molar-refractivity contribution >= 4 is 38.2 Å². The highest BCUT2D eigenvalue weighted by molar-refractivity contribution is 6.05. The van der Waals surface area contributed by atoms with Gasteiger partial charge in [0, 0.05) is 11.6 Å². The number of nitrogens with zero attached hydrogens (tertiary/aromatic N) is 2. The zero-order valence-electron chi connectivity index (χ0n) is 11.3. The number of fused-ring (bicyclic) bond motifs is 6. The van der Waals surface area contributed by atoms with Crippen molar-refractivity contribution in [2.45, 2.75) is 0 Å². The van der Waals surface area contributed by atoms with Crippen LogP contribution < -0.4 is 0 Å². The smallest absolute Gasteiger partial charge is 0.145 e. The van der Waals surface area contributed by atoms with Crippen LogP contribution in [0.1, 0.15) is 0 Å². The topological polar surface area (TPSA) is 17.3 Å². The van der Waals surface area contributed by atoms with Crippen LogP contribution in [0.25, 0.3) is 38.2 Å². The maximum atomic E-state index is 4.81. The van der Waals surface area contributed by atoms with E-state index in [0.29, 0.717) is 0 Å². The first kappa shape index (κ1) is 10.9. The number of imidazole rings is 1. The third-order valence-corrected chi connectivity index (χ3v) is 4.16. The van der Waals surface area contributed by atoms with Gasteiger partial charge < -0.3 is 0 Å². The largest absolute Gasteiger partial charge is 0.299 e. The van der Waals surface area contributed by atoms with Gasteiger partial charge in [-0.25, -0.2) is 4.98 Å². The van der Waals surface area contributed by atoms with Gasteiger partial charge in [0.2, 0.25) is 0 Å². The number of para-hydroxylation sites is 2. The molecule has 2 aromatic heterocycles. The lowest BCUT2D eigenvalue weighted by Crippen LogP contribution is -1.86. The highest BCUT2D eigenvalue weighted by Crippen LogP contribution is 2.28. The molecule has 21 heavy (non-hydrogen) atoms. The molecule has 0 saturated carbocycles. The van der Waals surface area contributed by atoms with Gasteiger partial charge in [-0.2, -0.15) is 0 Å². The van der Waals surface area contributed by atoms with Gasteiger partial charge in [-0.1, -0.05) is 36.4 Å². The standard InChI is InChI=1S/C19H12N2/c1-2-6-14-12-16-15(11-13(14)5-1)9-10-21-18-8-4-3-7-17(18)20-19(16)21/h1-12H. The first-order valence-electron chi connectivity index (χ1n) is 7.08. The van der Waals surface area contributed by atoms with E-state index in [1.807, 2.05) is 6.07 Å². The molecule has 0 spiro atoms. The number of benzene rings is 3. The van der Waals surface area contributed by atoms with Crippen molar-refractivity contribution in [2.75, 3.05) is 0 Å². The van der Waals surface area contributed by atoms with Crippen molar-refractivity contribution in [1.29, 1.82) is 0 Å². The predicted octanol–water partition coefficient (Wildman–Crippen LogP) is 4.79. The van der Waals surface area contributed by atoms with Crippen LogP contribution in [0, 0.1) is 0 Å². The molecule has 0 saturated heterocycles. The molecule has 2 nitrogen and oxygen atoms in total. The Labute approximate surface area is 121 Å². The number of rotatable bonds is 0. The Hall–Kier alpha value is -2.87. The summed E-state index contributed by atoms with van der Waals surface area (Å²) in [6.07, 6.45) is 2.11. The second-order valence-electron chi connectivity index (χ2n) is 5.40. The van der Waals surface area contributed by atoms with Crippen molar-refractivity contribution < 1.29 is 0 Å². The predicted molar refractivity (Wildman–Crippen MR) is 87.7 cm³/mol. The summed E-state index contributed by atoms with van der Waals surface area (Å²) < 4.78 is 2.17. The summed E-state index contributed by atoms with van der Waals surface area (Å²) in [6.45, 7) is 0. The van der Waals surface area contributed by atoms with Crippen LogP contribution in [0.15, 0.2) is 72.9 Å². The van der Waals surface area contributed by atoms with Crippen LogP contribution in [0.4, 0.5) is 0 Å². The maximum Gasteiger partial charge on any atom is 0.145 e. The van der Waals surface area contributed by atoms with Gasteiger partial charge in [-0.15, -0.1) is 0 Å². The number of pyridine rings is 1. The van der Waals surface area contributed by atoms with E-state index < -0.39 is 0 Å². The molecule has 0 fully saturated rings. The summed E-state index contributed by atoms with van der Waals surface area (Å²) in [6, 6.07) is 23.4. The van der Waals surface area contributed by atoms with Gasteiger partial charge >= 0.3 is 0 Å². The molecule has 2 heteroatoms. The van der Waals surface area contributed by atoms with Crippen LogP contribution in [-0.2, 0) is 0 Å². The second kappa shape index (κ2) is 3.83. The maximum absolute atomic E-state index is 4.81. The molecule has 5 rings (SSSR count). The van der Waals surface area contributed by atoms with Crippen molar-refractivity contribution in [3.8, 4) is 0 Å². The lowest BCUT2D eigenvalue weighted by Gasteiger charge is -2.04. The van der Waals surface area contributed by atoms with Crippen molar-refractivity contribution in [3.63, 3.8) is 0 Å². The monoisotopic (exact) mass is 268 g/mol. The summed E-state index contributed by atoms with van der Waals surface area (Å²) in [4.78, 5) is 4.81. The minimum Gasteiger partial charge on any atom is -0.299 e. The van der Waals surface area contributed by atoms with Gasteiger partial charge in [0.15, 0.2) is 0 Å². The lowest BCUT2D eigenvalue weighted by atomic mass is 10.1. The molecule has 98 valence electrons. The molecule has 2 heterocycles. The SMILES string of the molecule is c1ccc2cc3c(ccn4c5ccccc5nc34)cc2c1. The van der Waals surface area contributed by atoms with Crippen molar-refractivity contribution in [2.24, 2.45) is 0 Å². The van der Waals surface area contributed by atoms with Gasteiger partial charge in [-0.3, -0.25) is 4.40 Å². The Morgan fingerprint density at radius 2 is 1.48 bits per heavy atom. The number of hydrogen-bond donors (Lipinski definition) is 0. The zero-order chi connectivity index (χ0) is 13.8. The van der Waals surface area contributed by atoms with E-state index in [2.05, 4.69) is 71.3 Å². The molecule has 0 aliphatic carbocycles. The highest BCUT2D eigenvalue weighted by Gasteiger charge is 2.08. The highest BCUT2D eigenvalue weighted by atomic mass is 15.0. The molecule has 0 unspecified atom stereocenters. The van der Waals surface area contributed by atoms with E-state index in [1.54, 1.807) is 0 Å². The minimum atomic E-state index is 1.03. The number of hydrogen-bond acceptors (Lipinski definition) is 1. The molecule has 0 aliphatic heterocycles. The Balaban J connectivity index is 2.05. The van der Waals surface area contributed by atoms with Crippen molar-refractivity contribution in [3.05, 3.63) is 72.9 Å². The van der Waals surface area contributed by atoms with Crippen LogP contribution in [-0.4, -0.2) is 9.38 Å². The number of aromatic nitrogens is 2. The van der Waals surface area contributed by atoms with E-state index in [1.165, 1.54) is 21.5 Å². The third-order valence-electron chi connectivity index (χ3n) is 4.16. The Morgan fingerprint density at radius 3 is 2.38 bits per heavy atom. The second-order valence-corrected chi connectivity index (χ2v) is 5.40. The van der Waals surface area contributed by atoms with E-state index in [0.717, 1.165) is 16.7 Å². The van der Waals surface area contributed by atoms with Crippen LogP contribution in [0.5, 0.6) is 0 Å². The molecular weight excluding hydrogens is 256 g/mol. The average molecular weight is 268 g/mol. The van der Waals surface area contributed by atoms with E-state index in [-0.39, 0.29) is 0 Å². The summed E-state index contributed by atoms with van der Waals surface area (Å²) in [5.41, 5.74) is 3.22. The van der Waals surface area contributed by atoms with Gasteiger partial charge in [0.1, 0.15) is 5.65 Å². The van der Waals surface area contributed by atoms with E-state index in [4.69, 9.17) is 4.98 Å². The normalized spacial score (nSPS) is 11.8. The molecule has 0 atom stereocenters. The first-order chi connectivity index (χ1) is 10.4. The summed E-state index contributed by atoms with van der Waals surface area (Å²) >= 11 is 0. The summed E-state index contributed by atoms with van der Waals surface area (Å²) in [5, 5.41) is 4.96. The molecular formula is C19H12N2. The fraction of sp³-hybridized carbons (Fsp3) is 0. The third kappa shape index (κ3) is 1.44. The van der Waals surface area contributed by atoms with Gasteiger partial charge in [0.05, 0.1) is 11.0 Å². The van der Waals surface area contributed by atoms with Gasteiger partial charge in [-0.05, 0) is 46.5 Å². The van der Waals surface area contributed by atoms with Crippen molar-refractivity contribution in [1.82, 2.24) is 9.38 Å². The lowest BCUT2D eigenvalue weighted by molar-refractivity contribution is 1.25. The first-order valence-corrected chi connectivity index (χ1v) is 7.08. The molecule has 0 N–H and O–H groups in total. The molecule has 0 bridgehead atoms. The Bertz CT molecular complexity index is 1140. The fourth-order valence-electron chi connectivity index (χ4n) is 3.13. The minimum absolute atomic E-state index is 1.03. The fourth-order valence-corrected chi connectivity index (χ4v) is 3.13. The molecule has 0 radical (unpaired) electrons. The van der Waals surface area contributed by atoms with E-state index >= 15 is 0 Å². The van der Waals surface area contributed by atoms with Crippen LogP contribution in [0.2, 0.25) is 0 Å². The van der Waals surface area contributed by atoms with E-state index in [9.17, 15) is 0 Å². The van der Waals surface area contributed by atoms with Gasteiger partial charge in [0.25, 0.3) is 0 Å². The van der Waals surface area contributed by atoms with Crippen LogP contribution in [0.3, 0.4) is 0 Å². The molecule has 0 amide bonds. The molecule has 3 aromatic carbocycles.